The first kappa shape index (κ1) is 20.3. The first-order chi connectivity index (χ1) is 14.7. The Kier molecular flexibility index (Phi) is 6.28. The van der Waals surface area contributed by atoms with Crippen molar-refractivity contribution in [2.75, 3.05) is 44.2 Å². The van der Waals surface area contributed by atoms with Crippen LogP contribution in [0.1, 0.15) is 19.0 Å². The van der Waals surface area contributed by atoms with Gasteiger partial charge in [-0.3, -0.25) is 19.5 Å². The lowest BCUT2D eigenvalue weighted by atomic mass is 10.1. The minimum atomic E-state index is -0.297. The minimum absolute atomic E-state index is 0.0192. The highest BCUT2D eigenvalue weighted by atomic mass is 16.5. The summed E-state index contributed by atoms with van der Waals surface area (Å²) in [6.07, 6.45) is 2.06. The number of amides is 2. The number of ether oxygens (including phenoxy) is 1. The summed E-state index contributed by atoms with van der Waals surface area (Å²) in [6.45, 7) is 6.67. The third-order valence-corrected chi connectivity index (χ3v) is 5.73. The van der Waals surface area contributed by atoms with Crippen LogP contribution in [0.15, 0.2) is 48.7 Å². The van der Waals surface area contributed by atoms with Crippen LogP contribution in [0.3, 0.4) is 0 Å². The topological polar surface area (TPSA) is 66.0 Å². The summed E-state index contributed by atoms with van der Waals surface area (Å²) in [5.74, 6) is 0.450. The average molecular weight is 409 g/mol. The zero-order chi connectivity index (χ0) is 20.9. The van der Waals surface area contributed by atoms with Gasteiger partial charge in [0, 0.05) is 51.9 Å². The second-order valence-corrected chi connectivity index (χ2v) is 7.73. The first-order valence-corrected chi connectivity index (χ1v) is 10.6. The molecular formula is C23H28N4O3. The maximum Gasteiger partial charge on any atom is 0.228 e. The van der Waals surface area contributed by atoms with Gasteiger partial charge in [-0.15, -0.1) is 0 Å². The molecule has 2 aliphatic rings. The van der Waals surface area contributed by atoms with Crippen molar-refractivity contribution < 1.29 is 14.3 Å². The minimum Gasteiger partial charge on any atom is -0.492 e. The standard InChI is InChI=1S/C23H28N4O3/c1-2-30-21-9-4-3-8-20(21)27-16-18(15-22(27)28)23(29)26-13-11-25(12-14-26)17-19-7-5-6-10-24-19/h3-10,18H,2,11-17H2,1H3. The van der Waals surface area contributed by atoms with Gasteiger partial charge in [0.05, 0.1) is 23.9 Å². The summed E-state index contributed by atoms with van der Waals surface area (Å²) < 4.78 is 5.67. The van der Waals surface area contributed by atoms with Gasteiger partial charge in [0.15, 0.2) is 0 Å². The van der Waals surface area contributed by atoms with E-state index in [2.05, 4.69) is 9.88 Å². The molecule has 158 valence electrons. The Labute approximate surface area is 177 Å². The van der Waals surface area contributed by atoms with E-state index >= 15 is 0 Å². The van der Waals surface area contributed by atoms with Crippen molar-refractivity contribution in [1.82, 2.24) is 14.8 Å². The third kappa shape index (κ3) is 4.46. The van der Waals surface area contributed by atoms with Gasteiger partial charge in [0.25, 0.3) is 0 Å². The van der Waals surface area contributed by atoms with E-state index in [1.54, 1.807) is 4.90 Å². The van der Waals surface area contributed by atoms with Crippen LogP contribution in [0.4, 0.5) is 5.69 Å². The van der Waals surface area contributed by atoms with Gasteiger partial charge in [-0.2, -0.15) is 0 Å². The van der Waals surface area contributed by atoms with Crippen LogP contribution in [0.2, 0.25) is 0 Å². The summed E-state index contributed by atoms with van der Waals surface area (Å²) in [6, 6.07) is 13.5. The molecule has 2 aliphatic heterocycles. The van der Waals surface area contributed by atoms with Gasteiger partial charge in [0.1, 0.15) is 5.75 Å². The summed E-state index contributed by atoms with van der Waals surface area (Å²) >= 11 is 0. The molecule has 30 heavy (non-hydrogen) atoms. The van der Waals surface area contributed by atoms with Crippen LogP contribution in [-0.2, 0) is 16.1 Å². The fourth-order valence-electron chi connectivity index (χ4n) is 4.17. The summed E-state index contributed by atoms with van der Waals surface area (Å²) in [4.78, 5) is 36.1. The number of anilines is 1. The zero-order valence-electron chi connectivity index (χ0n) is 17.4. The number of pyridine rings is 1. The quantitative estimate of drug-likeness (QED) is 0.733. The largest absolute Gasteiger partial charge is 0.492 e. The van der Waals surface area contributed by atoms with E-state index in [9.17, 15) is 9.59 Å². The Bertz CT molecular complexity index is 881. The van der Waals surface area contributed by atoms with E-state index in [0.717, 1.165) is 31.0 Å². The predicted molar refractivity (Wildman–Crippen MR) is 114 cm³/mol. The van der Waals surface area contributed by atoms with Gasteiger partial charge in [-0.25, -0.2) is 0 Å². The fraction of sp³-hybridized carbons (Fsp3) is 0.435. The molecular weight excluding hydrogens is 380 g/mol. The van der Waals surface area contributed by atoms with Crippen molar-refractivity contribution in [3.63, 3.8) is 0 Å². The van der Waals surface area contributed by atoms with Crippen molar-refractivity contribution >= 4 is 17.5 Å². The Morgan fingerprint density at radius 3 is 2.60 bits per heavy atom. The van der Waals surface area contributed by atoms with Crippen molar-refractivity contribution in [2.45, 2.75) is 19.9 Å². The number of para-hydroxylation sites is 2. The number of piperazine rings is 1. The Hall–Kier alpha value is -2.93. The number of benzene rings is 1. The molecule has 2 amide bonds. The molecule has 2 fully saturated rings. The number of carbonyl (C=O) groups excluding carboxylic acids is 2. The van der Waals surface area contributed by atoms with E-state index in [4.69, 9.17) is 4.74 Å². The molecule has 3 heterocycles. The molecule has 7 nitrogen and oxygen atoms in total. The van der Waals surface area contributed by atoms with Gasteiger partial charge < -0.3 is 14.5 Å². The van der Waals surface area contributed by atoms with Crippen LogP contribution in [-0.4, -0.2) is 65.9 Å². The van der Waals surface area contributed by atoms with E-state index in [1.807, 2.05) is 60.5 Å². The number of aromatic nitrogens is 1. The Morgan fingerprint density at radius 2 is 1.87 bits per heavy atom. The molecule has 0 radical (unpaired) electrons. The van der Waals surface area contributed by atoms with E-state index in [0.29, 0.717) is 32.0 Å². The van der Waals surface area contributed by atoms with Crippen LogP contribution in [0.25, 0.3) is 0 Å². The molecule has 1 atom stereocenters. The van der Waals surface area contributed by atoms with Gasteiger partial charge in [0.2, 0.25) is 11.8 Å². The van der Waals surface area contributed by atoms with Gasteiger partial charge in [-0.05, 0) is 31.2 Å². The first-order valence-electron chi connectivity index (χ1n) is 10.6. The maximum atomic E-state index is 13.1. The normalized spacial score (nSPS) is 19.9. The van der Waals surface area contributed by atoms with E-state index < -0.39 is 0 Å². The van der Waals surface area contributed by atoms with Crippen LogP contribution >= 0.6 is 0 Å². The highest BCUT2D eigenvalue weighted by molar-refractivity contribution is 6.01. The highest BCUT2D eigenvalue weighted by Crippen LogP contribution is 2.33. The molecule has 0 bridgehead atoms. The van der Waals surface area contributed by atoms with Gasteiger partial charge in [-0.1, -0.05) is 18.2 Å². The lowest BCUT2D eigenvalue weighted by Gasteiger charge is -2.35. The third-order valence-electron chi connectivity index (χ3n) is 5.73. The second kappa shape index (κ2) is 9.26. The molecule has 0 saturated carbocycles. The summed E-state index contributed by atoms with van der Waals surface area (Å²) in [5.41, 5.74) is 1.79. The number of hydrogen-bond donors (Lipinski definition) is 0. The Balaban J connectivity index is 1.34. The SMILES string of the molecule is CCOc1ccccc1N1CC(C(=O)N2CCN(Cc3ccccn3)CC2)CC1=O. The van der Waals surface area contributed by atoms with Crippen LogP contribution < -0.4 is 9.64 Å². The summed E-state index contributed by atoms with van der Waals surface area (Å²) in [5, 5.41) is 0. The average Bonchev–Trinajstić information content (AvgIpc) is 3.16. The molecule has 1 aromatic heterocycles. The van der Waals surface area contributed by atoms with E-state index in [1.165, 1.54) is 0 Å². The molecule has 2 saturated heterocycles. The lowest BCUT2D eigenvalue weighted by Crippen LogP contribution is -2.50. The molecule has 7 heteroatoms. The molecule has 4 rings (SSSR count). The van der Waals surface area contributed by atoms with Gasteiger partial charge >= 0.3 is 0 Å². The predicted octanol–water partition coefficient (Wildman–Crippen LogP) is 2.18. The monoisotopic (exact) mass is 408 g/mol. The lowest BCUT2D eigenvalue weighted by molar-refractivity contribution is -0.137. The Morgan fingerprint density at radius 1 is 1.10 bits per heavy atom. The number of carbonyl (C=O) groups is 2. The molecule has 2 aromatic rings. The van der Waals surface area contributed by atoms with Crippen molar-refractivity contribution in [3.8, 4) is 5.75 Å². The number of nitrogens with zero attached hydrogens (tertiary/aromatic N) is 4. The highest BCUT2D eigenvalue weighted by Gasteiger charge is 2.38. The van der Waals surface area contributed by atoms with Crippen molar-refractivity contribution in [1.29, 1.82) is 0 Å². The molecule has 1 aromatic carbocycles. The fourth-order valence-corrected chi connectivity index (χ4v) is 4.17. The van der Waals surface area contributed by atoms with Crippen molar-refractivity contribution in [3.05, 3.63) is 54.4 Å². The maximum absolute atomic E-state index is 13.1. The van der Waals surface area contributed by atoms with E-state index in [-0.39, 0.29) is 24.2 Å². The number of hydrogen-bond acceptors (Lipinski definition) is 5. The molecule has 0 spiro atoms. The smallest absolute Gasteiger partial charge is 0.228 e. The molecule has 0 aliphatic carbocycles. The molecule has 0 N–H and O–H groups in total. The van der Waals surface area contributed by atoms with Crippen molar-refractivity contribution in [2.24, 2.45) is 5.92 Å². The summed E-state index contributed by atoms with van der Waals surface area (Å²) in [7, 11) is 0. The van der Waals surface area contributed by atoms with Crippen LogP contribution in [0.5, 0.6) is 5.75 Å². The van der Waals surface area contributed by atoms with Crippen LogP contribution in [0, 0.1) is 5.92 Å². The zero-order valence-corrected chi connectivity index (χ0v) is 17.4. The second-order valence-electron chi connectivity index (χ2n) is 7.73. The molecule has 1 unspecified atom stereocenters. The number of rotatable bonds is 6.